The molecular formula is C32H46O5. The smallest absolute Gasteiger partial charge is 0.344 e. The SMILES string of the molecule is CC.CCCCCC(O)CCC1C2Cc3cccc(OCC(=O)OCc4ccccc4)c3CC2C[C@H]1O. The van der Waals surface area contributed by atoms with Gasteiger partial charge in [0.05, 0.1) is 12.2 Å². The number of fused-ring (bicyclic) bond motifs is 2. The van der Waals surface area contributed by atoms with E-state index < -0.39 is 0 Å². The molecule has 2 aromatic carbocycles. The Morgan fingerprint density at radius 1 is 1.03 bits per heavy atom. The molecule has 0 bridgehead atoms. The average molecular weight is 511 g/mol. The van der Waals surface area contributed by atoms with Crippen LogP contribution in [0.4, 0.5) is 0 Å². The van der Waals surface area contributed by atoms with Crippen LogP contribution in [0.3, 0.4) is 0 Å². The second-order valence-corrected chi connectivity index (χ2v) is 10.4. The van der Waals surface area contributed by atoms with Gasteiger partial charge >= 0.3 is 5.97 Å². The van der Waals surface area contributed by atoms with Crippen LogP contribution in [-0.2, 0) is 29.0 Å². The number of benzene rings is 2. The molecule has 5 nitrogen and oxygen atoms in total. The van der Waals surface area contributed by atoms with E-state index in [1.165, 1.54) is 12.0 Å². The van der Waals surface area contributed by atoms with Crippen molar-refractivity contribution in [3.8, 4) is 5.75 Å². The Balaban J connectivity index is 0.00000186. The molecule has 0 radical (unpaired) electrons. The lowest BCUT2D eigenvalue weighted by atomic mass is 9.73. The van der Waals surface area contributed by atoms with Gasteiger partial charge < -0.3 is 19.7 Å². The summed E-state index contributed by atoms with van der Waals surface area (Å²) in [6, 6.07) is 15.7. The van der Waals surface area contributed by atoms with Crippen LogP contribution < -0.4 is 4.74 Å². The van der Waals surface area contributed by atoms with Gasteiger partial charge in [-0.1, -0.05) is 82.5 Å². The summed E-state index contributed by atoms with van der Waals surface area (Å²) in [5, 5.41) is 21.2. The van der Waals surface area contributed by atoms with Crippen LogP contribution in [0.1, 0.15) is 82.4 Å². The Kier molecular flexibility index (Phi) is 11.9. The highest BCUT2D eigenvalue weighted by atomic mass is 16.6. The summed E-state index contributed by atoms with van der Waals surface area (Å²) in [6.07, 6.45) is 7.94. The van der Waals surface area contributed by atoms with Gasteiger partial charge in [0.15, 0.2) is 6.61 Å². The number of aliphatic hydroxyl groups is 2. The van der Waals surface area contributed by atoms with Gasteiger partial charge in [0.25, 0.3) is 0 Å². The number of rotatable bonds is 12. The lowest BCUT2D eigenvalue weighted by Crippen LogP contribution is -2.28. The quantitative estimate of drug-likeness (QED) is 0.260. The van der Waals surface area contributed by atoms with Crippen molar-refractivity contribution in [2.24, 2.45) is 17.8 Å². The molecule has 0 spiro atoms. The van der Waals surface area contributed by atoms with Crippen LogP contribution in [-0.4, -0.2) is 35.0 Å². The molecule has 2 N–H and O–H groups in total. The Bertz CT molecular complexity index is 943. The maximum absolute atomic E-state index is 12.2. The number of hydrogen-bond donors (Lipinski definition) is 2. The Morgan fingerprint density at radius 2 is 1.81 bits per heavy atom. The van der Waals surface area contributed by atoms with E-state index in [2.05, 4.69) is 13.0 Å². The van der Waals surface area contributed by atoms with E-state index in [9.17, 15) is 15.0 Å². The number of esters is 1. The van der Waals surface area contributed by atoms with E-state index in [0.717, 1.165) is 68.2 Å². The summed E-state index contributed by atoms with van der Waals surface area (Å²) in [6.45, 7) is 6.31. The molecule has 2 aromatic rings. The van der Waals surface area contributed by atoms with Gasteiger partial charge in [-0.3, -0.25) is 0 Å². The van der Waals surface area contributed by atoms with Crippen LogP contribution in [0.15, 0.2) is 48.5 Å². The number of ether oxygens (including phenoxy) is 2. The van der Waals surface area contributed by atoms with Crippen LogP contribution in [0.5, 0.6) is 5.75 Å². The number of carbonyl (C=O) groups is 1. The summed E-state index contributed by atoms with van der Waals surface area (Å²) < 4.78 is 11.3. The lowest BCUT2D eigenvalue weighted by molar-refractivity contribution is -0.147. The molecule has 1 saturated carbocycles. The summed E-state index contributed by atoms with van der Waals surface area (Å²) in [5.74, 6) is 1.46. The molecule has 5 atom stereocenters. The largest absolute Gasteiger partial charge is 0.482 e. The minimum Gasteiger partial charge on any atom is -0.482 e. The van der Waals surface area contributed by atoms with E-state index >= 15 is 0 Å². The topological polar surface area (TPSA) is 76.0 Å². The molecule has 0 aliphatic heterocycles. The van der Waals surface area contributed by atoms with Crippen molar-refractivity contribution in [3.63, 3.8) is 0 Å². The highest BCUT2D eigenvalue weighted by Gasteiger charge is 2.44. The van der Waals surface area contributed by atoms with Gasteiger partial charge in [0.1, 0.15) is 12.4 Å². The van der Waals surface area contributed by atoms with Crippen molar-refractivity contribution >= 4 is 5.97 Å². The van der Waals surface area contributed by atoms with E-state index in [1.807, 2.05) is 56.3 Å². The van der Waals surface area contributed by atoms with Crippen molar-refractivity contribution in [3.05, 3.63) is 65.2 Å². The standard InChI is InChI=1S/C30H40O5.C2H6/c1-2-3-5-12-24(31)14-15-25-26-16-22-11-8-13-29(27(22)17-23(26)18-28(25)32)34-20-30(33)35-19-21-9-6-4-7-10-21;1-2/h4,6-11,13,23-26,28,31-32H,2-3,5,12,14-20H2,1H3;1-2H3/t23?,24?,25?,26?,28-;/m1./s1. The molecule has 1 fully saturated rings. The Hall–Kier alpha value is -2.37. The Labute approximate surface area is 223 Å². The summed E-state index contributed by atoms with van der Waals surface area (Å²) in [7, 11) is 0. The predicted octanol–water partition coefficient (Wildman–Crippen LogP) is 6.27. The monoisotopic (exact) mass is 510 g/mol. The third-order valence-corrected chi connectivity index (χ3v) is 7.91. The summed E-state index contributed by atoms with van der Waals surface area (Å²) in [4.78, 5) is 12.2. The molecule has 204 valence electrons. The van der Waals surface area contributed by atoms with Gasteiger partial charge in [0.2, 0.25) is 0 Å². The number of unbranched alkanes of at least 4 members (excludes halogenated alkanes) is 2. The minimum atomic E-state index is -0.381. The fourth-order valence-corrected chi connectivity index (χ4v) is 6.01. The molecular weight excluding hydrogens is 464 g/mol. The molecule has 0 amide bonds. The minimum absolute atomic E-state index is 0.113. The van der Waals surface area contributed by atoms with E-state index in [4.69, 9.17) is 9.47 Å². The Morgan fingerprint density at radius 3 is 2.57 bits per heavy atom. The van der Waals surface area contributed by atoms with Gasteiger partial charge in [-0.05, 0) is 79.0 Å². The van der Waals surface area contributed by atoms with Crippen molar-refractivity contribution in [1.82, 2.24) is 0 Å². The highest BCUT2D eigenvalue weighted by Crippen LogP contribution is 2.48. The molecule has 37 heavy (non-hydrogen) atoms. The zero-order valence-corrected chi connectivity index (χ0v) is 22.9. The number of carbonyl (C=O) groups excluding carboxylic acids is 1. The van der Waals surface area contributed by atoms with Gasteiger partial charge in [-0.2, -0.15) is 0 Å². The van der Waals surface area contributed by atoms with Gasteiger partial charge in [0, 0.05) is 0 Å². The first-order valence-electron chi connectivity index (χ1n) is 14.3. The fraction of sp³-hybridized carbons (Fsp3) is 0.594. The predicted molar refractivity (Wildman–Crippen MR) is 147 cm³/mol. The summed E-state index contributed by atoms with van der Waals surface area (Å²) >= 11 is 0. The van der Waals surface area contributed by atoms with E-state index in [0.29, 0.717) is 11.8 Å². The molecule has 4 rings (SSSR count). The second kappa shape index (κ2) is 15.1. The van der Waals surface area contributed by atoms with Crippen molar-refractivity contribution in [2.75, 3.05) is 6.61 Å². The summed E-state index contributed by atoms with van der Waals surface area (Å²) in [5.41, 5.74) is 3.37. The molecule has 0 saturated heterocycles. The zero-order valence-electron chi connectivity index (χ0n) is 22.9. The first kappa shape index (κ1) is 29.2. The van der Waals surface area contributed by atoms with Crippen LogP contribution in [0.2, 0.25) is 0 Å². The lowest BCUT2D eigenvalue weighted by Gasteiger charge is -2.32. The number of aliphatic hydroxyl groups excluding tert-OH is 2. The highest BCUT2D eigenvalue weighted by molar-refractivity contribution is 5.71. The third-order valence-electron chi connectivity index (χ3n) is 7.91. The molecule has 5 heteroatoms. The van der Waals surface area contributed by atoms with Gasteiger partial charge in [-0.15, -0.1) is 0 Å². The fourth-order valence-electron chi connectivity index (χ4n) is 6.01. The first-order chi connectivity index (χ1) is 18.0. The third kappa shape index (κ3) is 8.31. The molecule has 4 unspecified atom stereocenters. The van der Waals surface area contributed by atoms with Crippen molar-refractivity contribution < 1.29 is 24.5 Å². The molecule has 0 heterocycles. The first-order valence-corrected chi connectivity index (χ1v) is 14.3. The van der Waals surface area contributed by atoms with Crippen LogP contribution in [0, 0.1) is 17.8 Å². The average Bonchev–Trinajstić information content (AvgIpc) is 3.23. The molecule has 0 aromatic heterocycles. The van der Waals surface area contributed by atoms with Gasteiger partial charge in [-0.25, -0.2) is 4.79 Å². The molecule has 2 aliphatic rings. The second-order valence-electron chi connectivity index (χ2n) is 10.4. The molecule has 2 aliphatic carbocycles. The van der Waals surface area contributed by atoms with E-state index in [1.54, 1.807) is 0 Å². The van der Waals surface area contributed by atoms with Crippen LogP contribution in [0.25, 0.3) is 0 Å². The normalized spacial score (nSPS) is 22.7. The zero-order chi connectivity index (χ0) is 26.6. The maximum Gasteiger partial charge on any atom is 0.344 e. The van der Waals surface area contributed by atoms with Crippen molar-refractivity contribution in [1.29, 1.82) is 0 Å². The van der Waals surface area contributed by atoms with Crippen molar-refractivity contribution in [2.45, 2.75) is 97.4 Å². The maximum atomic E-state index is 12.2. The van der Waals surface area contributed by atoms with E-state index in [-0.39, 0.29) is 37.3 Å². The van der Waals surface area contributed by atoms with Crippen LogP contribution >= 0.6 is 0 Å². The number of hydrogen-bond acceptors (Lipinski definition) is 5.